The van der Waals surface area contributed by atoms with Gasteiger partial charge in [-0.25, -0.2) is 4.68 Å². The number of hydrogen-bond donors (Lipinski definition) is 1. The molecule has 0 saturated heterocycles. The predicted molar refractivity (Wildman–Crippen MR) is 96.8 cm³/mol. The molecule has 3 aromatic rings. The molecule has 6 heteroatoms. The topological polar surface area (TPSA) is 73.2 Å². The highest BCUT2D eigenvalue weighted by Crippen LogP contribution is 2.18. The van der Waals surface area contributed by atoms with Crippen molar-refractivity contribution in [3.63, 3.8) is 0 Å². The van der Waals surface area contributed by atoms with Crippen molar-refractivity contribution < 1.29 is 14.3 Å². The number of hydrogen-bond acceptors (Lipinski definition) is 4. The van der Waals surface area contributed by atoms with Crippen LogP contribution in [0.4, 0.5) is 0 Å². The smallest absolute Gasteiger partial charge is 0.307 e. The van der Waals surface area contributed by atoms with Crippen LogP contribution in [-0.4, -0.2) is 28.8 Å². The summed E-state index contributed by atoms with van der Waals surface area (Å²) in [6.07, 6.45) is 3.59. The van der Waals surface area contributed by atoms with Crippen molar-refractivity contribution in [2.24, 2.45) is 0 Å². The van der Waals surface area contributed by atoms with E-state index in [2.05, 4.69) is 10.4 Å². The lowest BCUT2D eigenvalue weighted by Gasteiger charge is -2.18. The molecule has 0 aliphatic carbocycles. The molecule has 0 aliphatic heterocycles. The fourth-order valence-corrected chi connectivity index (χ4v) is 2.62. The summed E-state index contributed by atoms with van der Waals surface area (Å²) in [5.41, 5.74) is 2.21. The second-order valence-electron chi connectivity index (χ2n) is 5.71. The van der Waals surface area contributed by atoms with E-state index in [0.29, 0.717) is 5.56 Å². The Labute approximate surface area is 151 Å². The molecular weight excluding hydrogens is 330 g/mol. The number of rotatable bonds is 6. The number of carbonyl (C=O) groups is 2. The van der Waals surface area contributed by atoms with Gasteiger partial charge in [-0.1, -0.05) is 30.3 Å². The van der Waals surface area contributed by atoms with E-state index < -0.39 is 6.04 Å². The summed E-state index contributed by atoms with van der Waals surface area (Å²) in [4.78, 5) is 24.3. The van der Waals surface area contributed by atoms with E-state index in [9.17, 15) is 9.59 Å². The molecule has 0 bridgehead atoms. The van der Waals surface area contributed by atoms with Crippen LogP contribution in [0.25, 0.3) is 5.69 Å². The predicted octanol–water partition coefficient (Wildman–Crippen LogP) is 2.91. The molecule has 0 fully saturated rings. The lowest BCUT2D eigenvalue weighted by atomic mass is 10.0. The second-order valence-corrected chi connectivity index (χ2v) is 5.71. The van der Waals surface area contributed by atoms with Crippen LogP contribution in [0.2, 0.25) is 0 Å². The Morgan fingerprint density at radius 2 is 1.81 bits per heavy atom. The minimum absolute atomic E-state index is 0.0671. The Morgan fingerprint density at radius 1 is 1.08 bits per heavy atom. The maximum atomic E-state index is 12.6. The number of nitrogens with zero attached hydrogens (tertiary/aromatic N) is 2. The van der Waals surface area contributed by atoms with Crippen LogP contribution in [-0.2, 0) is 9.53 Å². The zero-order valence-corrected chi connectivity index (χ0v) is 14.3. The van der Waals surface area contributed by atoms with Crippen LogP contribution >= 0.6 is 0 Å². The van der Waals surface area contributed by atoms with Crippen molar-refractivity contribution in [1.29, 1.82) is 0 Å². The lowest BCUT2D eigenvalue weighted by molar-refractivity contribution is -0.141. The zero-order valence-electron chi connectivity index (χ0n) is 14.3. The highest BCUT2D eigenvalue weighted by atomic mass is 16.5. The highest BCUT2D eigenvalue weighted by molar-refractivity contribution is 5.94. The summed E-state index contributed by atoms with van der Waals surface area (Å²) in [5, 5.41) is 7.06. The number of aromatic nitrogens is 2. The summed E-state index contributed by atoms with van der Waals surface area (Å²) in [7, 11) is 1.33. The third-order valence-corrected chi connectivity index (χ3v) is 4.00. The number of amides is 1. The quantitative estimate of drug-likeness (QED) is 0.695. The summed E-state index contributed by atoms with van der Waals surface area (Å²) >= 11 is 0. The van der Waals surface area contributed by atoms with E-state index in [1.54, 1.807) is 23.0 Å². The van der Waals surface area contributed by atoms with Crippen molar-refractivity contribution in [2.45, 2.75) is 12.5 Å². The van der Waals surface area contributed by atoms with Crippen molar-refractivity contribution in [3.05, 3.63) is 84.2 Å². The van der Waals surface area contributed by atoms with Gasteiger partial charge in [0.15, 0.2) is 0 Å². The van der Waals surface area contributed by atoms with Crippen LogP contribution < -0.4 is 5.32 Å². The number of nitrogens with one attached hydrogen (secondary N) is 1. The van der Waals surface area contributed by atoms with Crippen LogP contribution in [0.1, 0.15) is 28.4 Å². The Bertz CT molecular complexity index is 859. The van der Waals surface area contributed by atoms with Crippen LogP contribution in [0, 0.1) is 0 Å². The fourth-order valence-electron chi connectivity index (χ4n) is 2.62. The van der Waals surface area contributed by atoms with Crippen molar-refractivity contribution in [3.8, 4) is 5.69 Å². The Morgan fingerprint density at radius 3 is 2.42 bits per heavy atom. The molecule has 0 spiro atoms. The van der Waals surface area contributed by atoms with Gasteiger partial charge in [-0.3, -0.25) is 9.59 Å². The maximum absolute atomic E-state index is 12.6. The first-order chi connectivity index (χ1) is 12.7. The summed E-state index contributed by atoms with van der Waals surface area (Å²) in [6, 6.07) is 17.8. The van der Waals surface area contributed by atoms with Gasteiger partial charge in [-0.05, 0) is 35.9 Å². The molecule has 26 heavy (non-hydrogen) atoms. The van der Waals surface area contributed by atoms with Gasteiger partial charge in [-0.2, -0.15) is 5.10 Å². The average Bonchev–Trinajstić information content (AvgIpc) is 3.23. The minimum atomic E-state index is -0.457. The summed E-state index contributed by atoms with van der Waals surface area (Å²) in [6.45, 7) is 0. The lowest BCUT2D eigenvalue weighted by Crippen LogP contribution is -2.30. The minimum Gasteiger partial charge on any atom is -0.469 e. The molecule has 6 nitrogen and oxygen atoms in total. The van der Waals surface area contributed by atoms with Gasteiger partial charge in [-0.15, -0.1) is 0 Å². The van der Waals surface area contributed by atoms with Gasteiger partial charge in [0.25, 0.3) is 5.91 Å². The van der Waals surface area contributed by atoms with Gasteiger partial charge in [0.2, 0.25) is 0 Å². The largest absolute Gasteiger partial charge is 0.469 e. The average molecular weight is 349 g/mol. The number of esters is 1. The zero-order chi connectivity index (χ0) is 18.4. The van der Waals surface area contributed by atoms with Crippen molar-refractivity contribution in [1.82, 2.24) is 15.1 Å². The number of ether oxygens (including phenoxy) is 1. The first-order valence-electron chi connectivity index (χ1n) is 8.20. The second kappa shape index (κ2) is 8.11. The molecule has 2 aromatic carbocycles. The summed E-state index contributed by atoms with van der Waals surface area (Å²) < 4.78 is 6.46. The highest BCUT2D eigenvalue weighted by Gasteiger charge is 2.19. The van der Waals surface area contributed by atoms with E-state index in [-0.39, 0.29) is 18.3 Å². The molecular formula is C20H19N3O3. The van der Waals surface area contributed by atoms with Gasteiger partial charge in [0.1, 0.15) is 0 Å². The maximum Gasteiger partial charge on any atom is 0.307 e. The molecule has 1 amide bonds. The SMILES string of the molecule is COC(=O)C[C@H](NC(=O)c1ccc(-n2cccn2)cc1)c1ccccc1. The Kier molecular flexibility index (Phi) is 5.43. The van der Waals surface area contributed by atoms with Gasteiger partial charge >= 0.3 is 5.97 Å². The van der Waals surface area contributed by atoms with Crippen LogP contribution in [0.5, 0.6) is 0 Å². The van der Waals surface area contributed by atoms with E-state index in [1.165, 1.54) is 7.11 Å². The molecule has 3 rings (SSSR count). The molecule has 0 aliphatic rings. The monoisotopic (exact) mass is 349 g/mol. The van der Waals surface area contributed by atoms with Gasteiger partial charge in [0.05, 0.1) is 25.3 Å². The normalized spacial score (nSPS) is 11.6. The third-order valence-electron chi connectivity index (χ3n) is 4.00. The van der Waals surface area contributed by atoms with Crippen molar-refractivity contribution in [2.75, 3.05) is 7.11 Å². The summed E-state index contributed by atoms with van der Waals surface area (Å²) in [5.74, 6) is -0.636. The van der Waals surface area contributed by atoms with Crippen LogP contribution in [0.15, 0.2) is 73.1 Å². The molecule has 1 heterocycles. The van der Waals surface area contributed by atoms with E-state index in [1.807, 2.05) is 54.7 Å². The first-order valence-corrected chi connectivity index (χ1v) is 8.20. The van der Waals surface area contributed by atoms with Crippen LogP contribution in [0.3, 0.4) is 0 Å². The molecule has 1 atom stereocenters. The molecule has 132 valence electrons. The molecule has 0 unspecified atom stereocenters. The Hall–Kier alpha value is -3.41. The number of benzene rings is 2. The molecule has 1 aromatic heterocycles. The molecule has 0 radical (unpaired) electrons. The fraction of sp³-hybridized carbons (Fsp3) is 0.150. The molecule has 1 N–H and O–H groups in total. The van der Waals surface area contributed by atoms with E-state index >= 15 is 0 Å². The first kappa shape index (κ1) is 17.4. The third kappa shape index (κ3) is 4.16. The van der Waals surface area contributed by atoms with E-state index in [4.69, 9.17) is 4.74 Å². The Balaban J connectivity index is 1.75. The van der Waals surface area contributed by atoms with Crippen molar-refractivity contribution >= 4 is 11.9 Å². The number of carbonyl (C=O) groups excluding carboxylic acids is 2. The van der Waals surface area contributed by atoms with E-state index in [0.717, 1.165) is 11.3 Å². The van der Waals surface area contributed by atoms with Gasteiger partial charge in [0, 0.05) is 18.0 Å². The number of methoxy groups -OCH3 is 1. The standard InChI is InChI=1S/C20H19N3O3/c1-26-19(24)14-18(15-6-3-2-4-7-15)22-20(25)16-8-10-17(11-9-16)23-13-5-12-21-23/h2-13,18H,14H2,1H3,(H,22,25)/t18-/m0/s1. The molecule has 0 saturated carbocycles. The van der Waals surface area contributed by atoms with Gasteiger partial charge < -0.3 is 10.1 Å².